The molecular formula is C24H22ClF2N3O3. The van der Waals surface area contributed by atoms with Crippen molar-refractivity contribution in [1.82, 2.24) is 15.3 Å². The van der Waals surface area contributed by atoms with Crippen LogP contribution in [0.15, 0.2) is 42.6 Å². The molecule has 3 aliphatic carbocycles. The fourth-order valence-electron chi connectivity index (χ4n) is 4.75. The summed E-state index contributed by atoms with van der Waals surface area (Å²) in [7, 11) is 0. The third-order valence-electron chi connectivity index (χ3n) is 6.36. The molecule has 0 unspecified atom stereocenters. The molecule has 3 fully saturated rings. The maximum absolute atomic E-state index is 13.7. The van der Waals surface area contributed by atoms with Crippen LogP contribution in [0.3, 0.4) is 0 Å². The number of aromatic amines is 1. The number of halogens is 3. The Morgan fingerprint density at radius 2 is 1.82 bits per heavy atom. The van der Waals surface area contributed by atoms with E-state index in [-0.39, 0.29) is 46.7 Å². The second kappa shape index (κ2) is 8.02. The molecule has 33 heavy (non-hydrogen) atoms. The third-order valence-corrected chi connectivity index (χ3v) is 6.67. The summed E-state index contributed by atoms with van der Waals surface area (Å²) in [6.07, 6.45) is 4.10. The number of nitrogens with one attached hydrogen (secondary N) is 2. The smallest absolute Gasteiger partial charge is 0.258 e. The number of ether oxygens (including phenoxy) is 2. The molecule has 1 aromatic heterocycles. The molecule has 0 radical (unpaired) electrons. The van der Waals surface area contributed by atoms with E-state index in [9.17, 15) is 13.6 Å². The molecule has 3 aromatic rings. The molecule has 6 nitrogen and oxygen atoms in total. The highest BCUT2D eigenvalue weighted by atomic mass is 35.5. The second-order valence-electron chi connectivity index (χ2n) is 8.96. The fraction of sp³-hybridized carbons (Fsp3) is 0.333. The maximum Gasteiger partial charge on any atom is 0.258 e. The fourth-order valence-corrected chi connectivity index (χ4v) is 4.86. The lowest BCUT2D eigenvalue weighted by molar-refractivity contribution is -0.141. The molecule has 3 saturated carbocycles. The summed E-state index contributed by atoms with van der Waals surface area (Å²) in [5.74, 6) is 0.442. The van der Waals surface area contributed by atoms with Crippen molar-refractivity contribution in [1.29, 1.82) is 0 Å². The molecule has 3 aliphatic rings. The predicted molar refractivity (Wildman–Crippen MR) is 117 cm³/mol. The zero-order chi connectivity index (χ0) is 23.2. The molecule has 1 amide bonds. The van der Waals surface area contributed by atoms with E-state index in [0.717, 1.165) is 36.8 Å². The van der Waals surface area contributed by atoms with Gasteiger partial charge in [0.05, 0.1) is 16.9 Å². The number of H-pyrrole nitrogens is 1. The summed E-state index contributed by atoms with van der Waals surface area (Å²) >= 11 is 5.65. The second-order valence-corrected chi connectivity index (χ2v) is 9.37. The van der Waals surface area contributed by atoms with E-state index in [1.807, 2.05) is 0 Å². The van der Waals surface area contributed by atoms with E-state index in [0.29, 0.717) is 11.3 Å². The Labute approximate surface area is 194 Å². The van der Waals surface area contributed by atoms with Crippen LogP contribution in [0.25, 0.3) is 0 Å². The van der Waals surface area contributed by atoms with Crippen molar-refractivity contribution >= 4 is 17.5 Å². The van der Waals surface area contributed by atoms with Gasteiger partial charge in [-0.15, -0.1) is 0 Å². The minimum Gasteiger partial charge on any atom is -0.487 e. The lowest BCUT2D eigenvalue weighted by Gasteiger charge is -2.69. The van der Waals surface area contributed by atoms with Gasteiger partial charge in [-0.2, -0.15) is 0 Å². The van der Waals surface area contributed by atoms with Gasteiger partial charge >= 0.3 is 0 Å². The average molecular weight is 474 g/mol. The minimum absolute atomic E-state index is 0.00246. The molecule has 6 rings (SSSR count). The number of hydrogen-bond donors (Lipinski definition) is 2. The topological polar surface area (TPSA) is 76.2 Å². The number of carbonyl (C=O) groups is 1. The van der Waals surface area contributed by atoms with Crippen LogP contribution in [0.1, 0.15) is 36.3 Å². The predicted octanol–water partition coefficient (Wildman–Crippen LogP) is 4.60. The molecule has 0 saturated heterocycles. The Balaban J connectivity index is 1.10. The largest absolute Gasteiger partial charge is 0.487 e. The number of nitrogens with zero attached hydrogens (tertiary/aromatic N) is 1. The summed E-state index contributed by atoms with van der Waals surface area (Å²) in [5, 5.41) is 3.03. The molecule has 0 atom stereocenters. The summed E-state index contributed by atoms with van der Waals surface area (Å²) in [5.41, 5.74) is 1.06. The Bertz CT molecular complexity index is 1210. The molecule has 0 spiro atoms. The Hall–Kier alpha value is -3.13. The van der Waals surface area contributed by atoms with Crippen LogP contribution in [0, 0.1) is 18.6 Å². The van der Waals surface area contributed by atoms with Crippen LogP contribution in [-0.4, -0.2) is 28.0 Å². The summed E-state index contributed by atoms with van der Waals surface area (Å²) in [6, 6.07) is 8.83. The summed E-state index contributed by atoms with van der Waals surface area (Å²) in [6.45, 7) is 1.76. The Morgan fingerprint density at radius 3 is 2.55 bits per heavy atom. The Morgan fingerprint density at radius 1 is 1.12 bits per heavy atom. The van der Waals surface area contributed by atoms with Crippen LogP contribution < -0.4 is 14.8 Å². The number of benzene rings is 2. The molecule has 0 aliphatic heterocycles. The van der Waals surface area contributed by atoms with Crippen LogP contribution in [-0.2, 0) is 16.8 Å². The van der Waals surface area contributed by atoms with Crippen molar-refractivity contribution < 1.29 is 23.0 Å². The van der Waals surface area contributed by atoms with Crippen molar-refractivity contribution in [3.63, 3.8) is 0 Å². The first-order valence-electron chi connectivity index (χ1n) is 10.6. The lowest BCUT2D eigenvalue weighted by atomic mass is 9.39. The van der Waals surface area contributed by atoms with Gasteiger partial charge in [-0.3, -0.25) is 4.79 Å². The highest BCUT2D eigenvalue weighted by Gasteiger charge is 2.70. The number of carbonyl (C=O) groups excluding carboxylic acids is 1. The first-order chi connectivity index (χ1) is 15.8. The van der Waals surface area contributed by atoms with Crippen LogP contribution in [0.2, 0.25) is 5.02 Å². The number of aromatic nitrogens is 2. The first-order valence-corrected chi connectivity index (χ1v) is 11.0. The molecule has 9 heteroatoms. The van der Waals surface area contributed by atoms with E-state index in [4.69, 9.17) is 21.1 Å². The van der Waals surface area contributed by atoms with Crippen molar-refractivity contribution in [2.45, 2.75) is 43.7 Å². The normalized spacial score (nSPS) is 22.8. The molecule has 1 heterocycles. The highest BCUT2D eigenvalue weighted by molar-refractivity contribution is 6.30. The SMILES string of the molecule is Cc1ccc(OCc2cnc(C34CC(NC(=O)COc5ccc(Cl)c(F)c5)(C3)C4)[nH]2)cc1F. The van der Waals surface area contributed by atoms with E-state index >= 15 is 0 Å². The van der Waals surface area contributed by atoms with Gasteiger partial charge in [-0.25, -0.2) is 13.8 Å². The number of rotatable bonds is 8. The zero-order valence-electron chi connectivity index (χ0n) is 17.9. The highest BCUT2D eigenvalue weighted by Crippen LogP contribution is 2.67. The molecule has 2 bridgehead atoms. The number of hydrogen-bond acceptors (Lipinski definition) is 4. The van der Waals surface area contributed by atoms with E-state index in [1.54, 1.807) is 25.3 Å². The Kier molecular flexibility index (Phi) is 5.28. The first kappa shape index (κ1) is 21.7. The summed E-state index contributed by atoms with van der Waals surface area (Å²) in [4.78, 5) is 20.1. The van der Waals surface area contributed by atoms with Gasteiger partial charge in [0.1, 0.15) is 35.6 Å². The lowest BCUT2D eigenvalue weighted by Crippen LogP contribution is -2.77. The van der Waals surface area contributed by atoms with Crippen molar-refractivity contribution in [2.24, 2.45) is 0 Å². The van der Waals surface area contributed by atoms with Crippen molar-refractivity contribution in [2.75, 3.05) is 6.61 Å². The van der Waals surface area contributed by atoms with Gasteiger partial charge < -0.3 is 19.8 Å². The third kappa shape index (κ3) is 4.15. The van der Waals surface area contributed by atoms with Gasteiger partial charge in [-0.1, -0.05) is 17.7 Å². The average Bonchev–Trinajstić information content (AvgIpc) is 3.20. The summed E-state index contributed by atoms with van der Waals surface area (Å²) < 4.78 is 38.1. The van der Waals surface area contributed by atoms with Gasteiger partial charge in [0, 0.05) is 23.1 Å². The minimum atomic E-state index is -0.592. The van der Waals surface area contributed by atoms with E-state index in [1.165, 1.54) is 18.2 Å². The van der Waals surface area contributed by atoms with Crippen molar-refractivity contribution in [3.05, 3.63) is 76.3 Å². The van der Waals surface area contributed by atoms with Gasteiger partial charge in [-0.05, 0) is 49.9 Å². The maximum atomic E-state index is 13.7. The van der Waals surface area contributed by atoms with Gasteiger partial charge in [0.25, 0.3) is 5.91 Å². The van der Waals surface area contributed by atoms with Crippen LogP contribution in [0.5, 0.6) is 11.5 Å². The molecule has 2 aromatic carbocycles. The number of aryl methyl sites for hydroxylation is 1. The number of imidazole rings is 1. The van der Waals surface area contributed by atoms with E-state index < -0.39 is 5.82 Å². The van der Waals surface area contributed by atoms with Crippen LogP contribution in [0.4, 0.5) is 8.78 Å². The quantitative estimate of drug-likeness (QED) is 0.501. The van der Waals surface area contributed by atoms with Gasteiger partial charge in [0.15, 0.2) is 6.61 Å². The number of amides is 1. The monoisotopic (exact) mass is 473 g/mol. The molecular weight excluding hydrogens is 452 g/mol. The van der Waals surface area contributed by atoms with Crippen LogP contribution >= 0.6 is 11.6 Å². The van der Waals surface area contributed by atoms with Crippen molar-refractivity contribution in [3.8, 4) is 11.5 Å². The standard InChI is InChI=1S/C24H22ClF2N3O3/c1-14-2-3-16(6-19(14)26)32-9-15-8-28-22(29-15)23-11-24(12-23,13-23)30-21(31)10-33-17-4-5-18(25)20(27)7-17/h2-8H,9-13H2,1H3,(H,28,29)(H,30,31). The zero-order valence-corrected chi connectivity index (χ0v) is 18.6. The van der Waals surface area contributed by atoms with Gasteiger partial charge in [0.2, 0.25) is 0 Å². The molecule has 172 valence electrons. The van der Waals surface area contributed by atoms with E-state index in [2.05, 4.69) is 15.3 Å². The molecule has 2 N–H and O–H groups in total.